The van der Waals surface area contributed by atoms with Crippen molar-refractivity contribution in [2.24, 2.45) is 5.73 Å². The van der Waals surface area contributed by atoms with Crippen LogP contribution in [0.2, 0.25) is 0 Å². The molecule has 4 heteroatoms. The molecule has 1 saturated carbocycles. The first-order valence-electron chi connectivity index (χ1n) is 7.66. The highest BCUT2D eigenvalue weighted by Gasteiger charge is 2.36. The van der Waals surface area contributed by atoms with Crippen molar-refractivity contribution in [3.8, 4) is 17.0 Å². The number of ether oxygens (including phenoxy) is 1. The minimum absolute atomic E-state index is 0.172. The molecule has 1 aromatic carbocycles. The Morgan fingerprint density at radius 2 is 2.05 bits per heavy atom. The lowest BCUT2D eigenvalue weighted by atomic mass is 9.93. The van der Waals surface area contributed by atoms with E-state index in [0.717, 1.165) is 42.1 Å². The maximum Gasteiger partial charge on any atom is 0.119 e. The zero-order valence-electron chi connectivity index (χ0n) is 12.3. The molecule has 3 nitrogen and oxygen atoms in total. The van der Waals surface area contributed by atoms with Gasteiger partial charge < -0.3 is 10.5 Å². The molecule has 0 unspecified atom stereocenters. The number of benzene rings is 1. The highest BCUT2D eigenvalue weighted by molar-refractivity contribution is 7.12. The highest BCUT2D eigenvalue weighted by Crippen LogP contribution is 2.44. The predicted octanol–water partition coefficient (Wildman–Crippen LogP) is 3.65. The van der Waals surface area contributed by atoms with Crippen LogP contribution in [-0.4, -0.2) is 12.1 Å². The molecule has 2 aromatic rings. The van der Waals surface area contributed by atoms with Gasteiger partial charge in [-0.05, 0) is 49.4 Å². The lowest BCUT2D eigenvalue weighted by Gasteiger charge is -2.19. The molecule has 21 heavy (non-hydrogen) atoms. The fraction of sp³-hybridized carbons (Fsp3) is 0.471. The molecule has 1 heterocycles. The van der Waals surface area contributed by atoms with Crippen LogP contribution in [0.5, 0.6) is 5.75 Å². The van der Waals surface area contributed by atoms with Gasteiger partial charge in [0.1, 0.15) is 10.8 Å². The van der Waals surface area contributed by atoms with E-state index < -0.39 is 0 Å². The molecule has 1 fully saturated rings. The van der Waals surface area contributed by atoms with Gasteiger partial charge in [0.25, 0.3) is 0 Å². The second kappa shape index (κ2) is 4.82. The first kappa shape index (κ1) is 13.3. The first-order valence-corrected chi connectivity index (χ1v) is 8.48. The van der Waals surface area contributed by atoms with Gasteiger partial charge >= 0.3 is 0 Å². The lowest BCUT2D eigenvalue weighted by Crippen LogP contribution is -2.32. The normalized spacial score (nSPS) is 19.1. The molecular formula is C17H20N2OS. The van der Waals surface area contributed by atoms with Gasteiger partial charge in [0.15, 0.2) is 0 Å². The number of nitrogens with zero attached hydrogens (tertiary/aromatic N) is 1. The third kappa shape index (κ3) is 2.09. The van der Waals surface area contributed by atoms with Gasteiger partial charge in [-0.25, -0.2) is 4.98 Å². The van der Waals surface area contributed by atoms with Crippen molar-refractivity contribution in [2.45, 2.75) is 44.1 Å². The summed E-state index contributed by atoms with van der Waals surface area (Å²) < 4.78 is 5.33. The second-order valence-corrected chi connectivity index (χ2v) is 7.26. The Bertz CT molecular complexity index is 686. The maximum absolute atomic E-state index is 6.59. The Balaban J connectivity index is 1.78. The van der Waals surface area contributed by atoms with Crippen LogP contribution in [0, 0.1) is 0 Å². The molecule has 0 amide bonds. The van der Waals surface area contributed by atoms with E-state index >= 15 is 0 Å². The smallest absolute Gasteiger partial charge is 0.119 e. The highest BCUT2D eigenvalue weighted by atomic mass is 32.1. The van der Waals surface area contributed by atoms with Crippen molar-refractivity contribution < 1.29 is 4.74 Å². The summed E-state index contributed by atoms with van der Waals surface area (Å²) in [4.78, 5) is 6.36. The van der Waals surface area contributed by atoms with Crippen molar-refractivity contribution in [1.82, 2.24) is 4.98 Å². The molecule has 110 valence electrons. The summed E-state index contributed by atoms with van der Waals surface area (Å²) in [5.74, 6) is 0.929. The molecule has 0 aliphatic heterocycles. The predicted molar refractivity (Wildman–Crippen MR) is 85.8 cm³/mol. The quantitative estimate of drug-likeness (QED) is 0.921. The summed E-state index contributed by atoms with van der Waals surface area (Å²) in [6, 6.07) is 6.32. The van der Waals surface area contributed by atoms with Crippen molar-refractivity contribution in [1.29, 1.82) is 0 Å². The van der Waals surface area contributed by atoms with Crippen LogP contribution in [0.1, 0.15) is 41.1 Å². The van der Waals surface area contributed by atoms with E-state index in [1.807, 2.05) is 17.4 Å². The standard InChI is InChI=1S/C17H20N2OS/c1-20-12-5-6-13-11(10-12)4-7-14-15(13)19-16(21-14)17(18)8-2-3-9-17/h5-6,10H,2-4,7-9,18H2,1H3. The monoisotopic (exact) mass is 300 g/mol. The number of aryl methyl sites for hydroxylation is 2. The van der Waals surface area contributed by atoms with Crippen LogP contribution >= 0.6 is 11.3 Å². The van der Waals surface area contributed by atoms with E-state index in [-0.39, 0.29) is 5.54 Å². The Morgan fingerprint density at radius 3 is 2.81 bits per heavy atom. The van der Waals surface area contributed by atoms with Crippen molar-refractivity contribution in [3.63, 3.8) is 0 Å². The zero-order chi connectivity index (χ0) is 14.4. The Morgan fingerprint density at radius 1 is 1.24 bits per heavy atom. The average Bonchev–Trinajstić information content (AvgIpc) is 3.13. The number of thiazole rings is 1. The topological polar surface area (TPSA) is 48.1 Å². The minimum Gasteiger partial charge on any atom is -0.497 e. The summed E-state index contributed by atoms with van der Waals surface area (Å²) in [6.07, 6.45) is 6.76. The van der Waals surface area contributed by atoms with Crippen LogP contribution in [0.15, 0.2) is 18.2 Å². The fourth-order valence-electron chi connectivity index (χ4n) is 3.55. The van der Waals surface area contributed by atoms with Gasteiger partial charge in [-0.15, -0.1) is 11.3 Å². The van der Waals surface area contributed by atoms with Crippen LogP contribution in [0.25, 0.3) is 11.3 Å². The molecule has 0 bridgehead atoms. The van der Waals surface area contributed by atoms with Gasteiger partial charge in [-0.3, -0.25) is 0 Å². The molecular weight excluding hydrogens is 280 g/mol. The van der Waals surface area contributed by atoms with Crippen molar-refractivity contribution >= 4 is 11.3 Å². The summed E-state index contributed by atoms with van der Waals surface area (Å²) >= 11 is 1.84. The van der Waals surface area contributed by atoms with Crippen LogP contribution in [-0.2, 0) is 18.4 Å². The third-order valence-electron chi connectivity index (χ3n) is 4.81. The largest absolute Gasteiger partial charge is 0.497 e. The molecule has 0 spiro atoms. The fourth-order valence-corrected chi connectivity index (χ4v) is 4.78. The summed E-state index contributed by atoms with van der Waals surface area (Å²) in [6.45, 7) is 0. The van der Waals surface area contributed by atoms with Gasteiger partial charge in [0.2, 0.25) is 0 Å². The lowest BCUT2D eigenvalue weighted by molar-refractivity contribution is 0.414. The number of hydrogen-bond acceptors (Lipinski definition) is 4. The number of hydrogen-bond donors (Lipinski definition) is 1. The maximum atomic E-state index is 6.59. The Hall–Kier alpha value is -1.39. The second-order valence-electron chi connectivity index (χ2n) is 6.18. The average molecular weight is 300 g/mol. The molecule has 0 saturated heterocycles. The zero-order valence-corrected chi connectivity index (χ0v) is 13.1. The molecule has 2 N–H and O–H groups in total. The Labute approximate surface area is 129 Å². The van der Waals surface area contributed by atoms with Gasteiger partial charge in [-0.2, -0.15) is 0 Å². The number of rotatable bonds is 2. The summed E-state index contributed by atoms with van der Waals surface area (Å²) in [7, 11) is 1.72. The van der Waals surface area contributed by atoms with E-state index in [1.165, 1.54) is 28.8 Å². The molecule has 4 rings (SSSR count). The van der Waals surface area contributed by atoms with Crippen molar-refractivity contribution in [3.05, 3.63) is 33.6 Å². The number of aromatic nitrogens is 1. The number of fused-ring (bicyclic) bond motifs is 3. The molecule has 2 aliphatic rings. The van der Waals surface area contributed by atoms with E-state index in [4.69, 9.17) is 15.5 Å². The molecule has 0 radical (unpaired) electrons. The molecule has 1 aromatic heterocycles. The number of methoxy groups -OCH3 is 1. The van der Waals surface area contributed by atoms with Gasteiger partial charge in [0.05, 0.1) is 18.3 Å². The van der Waals surface area contributed by atoms with Gasteiger partial charge in [0, 0.05) is 10.4 Å². The van der Waals surface area contributed by atoms with Crippen LogP contribution in [0.4, 0.5) is 0 Å². The summed E-state index contributed by atoms with van der Waals surface area (Å²) in [5, 5.41) is 1.15. The minimum atomic E-state index is -0.172. The van der Waals surface area contributed by atoms with E-state index in [1.54, 1.807) is 7.11 Å². The van der Waals surface area contributed by atoms with E-state index in [0.29, 0.717) is 0 Å². The molecule has 2 aliphatic carbocycles. The van der Waals surface area contributed by atoms with E-state index in [2.05, 4.69) is 12.1 Å². The Kier molecular flexibility index (Phi) is 3.05. The van der Waals surface area contributed by atoms with Crippen molar-refractivity contribution in [2.75, 3.05) is 7.11 Å². The first-order chi connectivity index (χ1) is 10.2. The van der Waals surface area contributed by atoms with Gasteiger partial charge in [-0.1, -0.05) is 12.8 Å². The molecule has 0 atom stereocenters. The van der Waals surface area contributed by atoms with E-state index in [9.17, 15) is 0 Å². The van der Waals surface area contributed by atoms with Crippen LogP contribution < -0.4 is 10.5 Å². The SMILES string of the molecule is COc1ccc2c(c1)CCc1sc(C3(N)CCCC3)nc1-2. The number of nitrogens with two attached hydrogens (primary N) is 1. The van der Waals surface area contributed by atoms with Crippen LogP contribution in [0.3, 0.4) is 0 Å². The third-order valence-corrected chi connectivity index (χ3v) is 6.14. The summed E-state index contributed by atoms with van der Waals surface area (Å²) in [5.41, 5.74) is 10.2.